The van der Waals surface area contributed by atoms with Crippen LogP contribution in [0.2, 0.25) is 0 Å². The first-order chi connectivity index (χ1) is 4.22. The summed E-state index contributed by atoms with van der Waals surface area (Å²) in [6.07, 6.45) is 3.42. The fourth-order valence-corrected chi connectivity index (χ4v) is 0.763. The summed E-state index contributed by atoms with van der Waals surface area (Å²) in [6.45, 7) is 3.61. The zero-order valence-electron chi connectivity index (χ0n) is 5.59. The largest absolute Gasteiger partial charge is 0.292 e. The number of hydrogen-bond acceptors (Lipinski definition) is 2. The summed E-state index contributed by atoms with van der Waals surface area (Å²) in [5.41, 5.74) is 0.803. The molecule has 9 heavy (non-hydrogen) atoms. The highest BCUT2D eigenvalue weighted by atomic mass is 16.1. The van der Waals surface area contributed by atoms with Gasteiger partial charge in [-0.25, -0.2) is 0 Å². The van der Waals surface area contributed by atoms with Crippen molar-refractivity contribution in [3.63, 3.8) is 0 Å². The van der Waals surface area contributed by atoms with Crippen molar-refractivity contribution in [1.29, 1.82) is 0 Å². The molecule has 1 aliphatic rings. The summed E-state index contributed by atoms with van der Waals surface area (Å²) < 4.78 is 0. The predicted octanol–water partition coefficient (Wildman–Crippen LogP) is 0.975. The van der Waals surface area contributed by atoms with Crippen LogP contribution in [0, 0.1) is 0 Å². The van der Waals surface area contributed by atoms with Crippen molar-refractivity contribution < 1.29 is 4.79 Å². The van der Waals surface area contributed by atoms with Crippen molar-refractivity contribution in [1.82, 2.24) is 0 Å². The molecular weight excluding hydrogens is 114 g/mol. The fourth-order valence-electron chi connectivity index (χ4n) is 0.763. The van der Waals surface area contributed by atoms with E-state index < -0.39 is 0 Å². The Morgan fingerprint density at radius 1 is 1.67 bits per heavy atom. The first-order valence-electron chi connectivity index (χ1n) is 2.96. The summed E-state index contributed by atoms with van der Waals surface area (Å²) in [5, 5.41) is 0. The van der Waals surface area contributed by atoms with Gasteiger partial charge in [0.15, 0.2) is 5.78 Å². The Hall–Kier alpha value is -0.920. The molecular formula is C7H9NO. The second-order valence-corrected chi connectivity index (χ2v) is 2.19. The minimum absolute atomic E-state index is 0.137. The van der Waals surface area contributed by atoms with E-state index in [2.05, 4.69) is 4.99 Å². The molecule has 0 aromatic rings. The van der Waals surface area contributed by atoms with Crippen LogP contribution in [0.5, 0.6) is 0 Å². The number of dihydropyridines is 1. The molecule has 0 N–H and O–H groups in total. The highest BCUT2D eigenvalue weighted by Gasteiger charge is 2.14. The van der Waals surface area contributed by atoms with E-state index in [9.17, 15) is 4.79 Å². The molecule has 0 aromatic carbocycles. The van der Waals surface area contributed by atoms with E-state index in [4.69, 9.17) is 0 Å². The van der Waals surface area contributed by atoms with Crippen molar-refractivity contribution >= 4 is 12.0 Å². The van der Waals surface area contributed by atoms with Gasteiger partial charge in [0, 0.05) is 6.21 Å². The van der Waals surface area contributed by atoms with Crippen LogP contribution in [0.1, 0.15) is 13.8 Å². The molecule has 48 valence electrons. The zero-order chi connectivity index (χ0) is 6.85. The molecule has 1 aliphatic heterocycles. The van der Waals surface area contributed by atoms with E-state index in [-0.39, 0.29) is 11.8 Å². The van der Waals surface area contributed by atoms with Gasteiger partial charge in [0.05, 0.1) is 0 Å². The summed E-state index contributed by atoms with van der Waals surface area (Å²) in [7, 11) is 0. The third kappa shape index (κ3) is 1.07. The SMILES string of the molecule is CC1=CC=NC(C)C1=O. The average molecular weight is 123 g/mol. The maximum absolute atomic E-state index is 10.9. The standard InChI is InChI=1S/C7H9NO/c1-5-3-4-8-6(2)7(5)9/h3-4,6H,1-2H3. The maximum atomic E-state index is 10.9. The molecule has 0 aliphatic carbocycles. The van der Waals surface area contributed by atoms with Crippen molar-refractivity contribution in [2.75, 3.05) is 0 Å². The van der Waals surface area contributed by atoms with Crippen molar-refractivity contribution in [3.8, 4) is 0 Å². The van der Waals surface area contributed by atoms with E-state index in [1.807, 2.05) is 6.92 Å². The second-order valence-electron chi connectivity index (χ2n) is 2.19. The molecule has 2 heteroatoms. The molecule has 0 spiro atoms. The van der Waals surface area contributed by atoms with Gasteiger partial charge in [0.25, 0.3) is 0 Å². The van der Waals surface area contributed by atoms with Crippen LogP contribution in [0.15, 0.2) is 16.6 Å². The Balaban J connectivity index is 2.86. The molecule has 0 fully saturated rings. The Morgan fingerprint density at radius 2 is 2.33 bits per heavy atom. The van der Waals surface area contributed by atoms with E-state index in [1.54, 1.807) is 19.2 Å². The van der Waals surface area contributed by atoms with Crippen molar-refractivity contribution in [2.24, 2.45) is 4.99 Å². The number of nitrogens with zero attached hydrogens (tertiary/aromatic N) is 1. The van der Waals surface area contributed by atoms with E-state index in [0.29, 0.717) is 0 Å². The summed E-state index contributed by atoms with van der Waals surface area (Å²) in [6, 6.07) is -0.157. The van der Waals surface area contributed by atoms with Gasteiger partial charge in [0.1, 0.15) is 6.04 Å². The van der Waals surface area contributed by atoms with Crippen molar-refractivity contribution in [2.45, 2.75) is 19.9 Å². The van der Waals surface area contributed by atoms with Gasteiger partial charge in [-0.3, -0.25) is 9.79 Å². The Labute approximate surface area is 54.3 Å². The zero-order valence-corrected chi connectivity index (χ0v) is 5.59. The highest BCUT2D eigenvalue weighted by molar-refractivity contribution is 6.04. The first-order valence-corrected chi connectivity index (χ1v) is 2.96. The van der Waals surface area contributed by atoms with Gasteiger partial charge in [-0.05, 0) is 25.5 Å². The summed E-state index contributed by atoms with van der Waals surface area (Å²) in [4.78, 5) is 14.9. The number of allylic oxidation sites excluding steroid dienone is 1. The van der Waals surface area contributed by atoms with Crippen LogP contribution in [0.25, 0.3) is 0 Å². The number of hydrogen-bond donors (Lipinski definition) is 0. The normalized spacial score (nSPS) is 26.2. The predicted molar refractivity (Wildman–Crippen MR) is 36.7 cm³/mol. The van der Waals surface area contributed by atoms with Gasteiger partial charge in [-0.15, -0.1) is 0 Å². The van der Waals surface area contributed by atoms with Gasteiger partial charge < -0.3 is 0 Å². The minimum atomic E-state index is -0.157. The molecule has 1 atom stereocenters. The van der Waals surface area contributed by atoms with Crippen LogP contribution < -0.4 is 0 Å². The molecule has 1 heterocycles. The molecule has 0 bridgehead atoms. The number of carbonyl (C=O) groups is 1. The number of ketones is 1. The second kappa shape index (κ2) is 2.13. The van der Waals surface area contributed by atoms with Crippen LogP contribution in [0.3, 0.4) is 0 Å². The summed E-state index contributed by atoms with van der Waals surface area (Å²) in [5.74, 6) is 0.137. The lowest BCUT2D eigenvalue weighted by Gasteiger charge is -2.07. The Bertz CT molecular complexity index is 191. The lowest BCUT2D eigenvalue weighted by molar-refractivity contribution is -0.116. The van der Waals surface area contributed by atoms with Crippen LogP contribution in [-0.4, -0.2) is 18.0 Å². The number of aliphatic imine (C=N–C) groups is 1. The maximum Gasteiger partial charge on any atom is 0.182 e. The van der Waals surface area contributed by atoms with Crippen LogP contribution in [-0.2, 0) is 4.79 Å². The van der Waals surface area contributed by atoms with E-state index >= 15 is 0 Å². The Kier molecular flexibility index (Phi) is 1.47. The molecule has 0 radical (unpaired) electrons. The smallest absolute Gasteiger partial charge is 0.182 e. The lowest BCUT2D eigenvalue weighted by Crippen LogP contribution is -2.18. The van der Waals surface area contributed by atoms with E-state index in [0.717, 1.165) is 5.57 Å². The highest BCUT2D eigenvalue weighted by Crippen LogP contribution is 2.05. The molecule has 2 nitrogen and oxygen atoms in total. The summed E-state index contributed by atoms with van der Waals surface area (Å²) >= 11 is 0. The van der Waals surface area contributed by atoms with Crippen LogP contribution >= 0.6 is 0 Å². The molecule has 0 saturated heterocycles. The monoisotopic (exact) mass is 123 g/mol. The third-order valence-electron chi connectivity index (χ3n) is 1.40. The van der Waals surface area contributed by atoms with Gasteiger partial charge in [0.2, 0.25) is 0 Å². The van der Waals surface area contributed by atoms with Crippen molar-refractivity contribution in [3.05, 3.63) is 11.6 Å². The van der Waals surface area contributed by atoms with E-state index in [1.165, 1.54) is 0 Å². The minimum Gasteiger partial charge on any atom is -0.292 e. The fraction of sp³-hybridized carbons (Fsp3) is 0.429. The first kappa shape index (κ1) is 6.20. The van der Waals surface area contributed by atoms with Gasteiger partial charge >= 0.3 is 0 Å². The average Bonchev–Trinajstić information content (AvgIpc) is 1.83. The lowest BCUT2D eigenvalue weighted by atomic mass is 10.1. The van der Waals surface area contributed by atoms with Crippen LogP contribution in [0.4, 0.5) is 0 Å². The van der Waals surface area contributed by atoms with Gasteiger partial charge in [-0.1, -0.05) is 0 Å². The number of rotatable bonds is 0. The topological polar surface area (TPSA) is 29.4 Å². The van der Waals surface area contributed by atoms with Gasteiger partial charge in [-0.2, -0.15) is 0 Å². The number of Topliss-reactive ketones (excluding diaryl/α,β-unsaturated/α-hetero) is 1. The number of carbonyl (C=O) groups excluding carboxylic acids is 1. The molecule has 1 rings (SSSR count). The molecule has 0 saturated carbocycles. The molecule has 0 aromatic heterocycles. The quantitative estimate of drug-likeness (QED) is 0.472. The molecule has 1 unspecified atom stereocenters. The third-order valence-corrected chi connectivity index (χ3v) is 1.40. The Morgan fingerprint density at radius 3 is 2.78 bits per heavy atom. The molecule has 0 amide bonds.